The highest BCUT2D eigenvalue weighted by Gasteiger charge is 2.31. The van der Waals surface area contributed by atoms with Crippen LogP contribution in [-0.4, -0.2) is 31.1 Å². The highest BCUT2D eigenvalue weighted by atomic mass is 15.2. The summed E-state index contributed by atoms with van der Waals surface area (Å²) in [5.41, 5.74) is 1.38. The molecule has 1 aromatic carbocycles. The van der Waals surface area contributed by atoms with Crippen LogP contribution in [0.3, 0.4) is 0 Å². The van der Waals surface area contributed by atoms with Crippen molar-refractivity contribution in [2.24, 2.45) is 5.92 Å². The van der Waals surface area contributed by atoms with Crippen LogP contribution in [0.15, 0.2) is 30.3 Å². The predicted octanol–water partition coefficient (Wildman–Crippen LogP) is 2.12. The second kappa shape index (κ2) is 5.46. The van der Waals surface area contributed by atoms with Crippen molar-refractivity contribution < 1.29 is 0 Å². The van der Waals surface area contributed by atoms with Gasteiger partial charge >= 0.3 is 0 Å². The number of nitrogens with one attached hydrogen (secondary N) is 1. The molecule has 1 aromatic rings. The van der Waals surface area contributed by atoms with Gasteiger partial charge in [0.15, 0.2) is 0 Å². The van der Waals surface area contributed by atoms with Crippen LogP contribution in [0.25, 0.3) is 0 Å². The molecule has 0 amide bonds. The Morgan fingerprint density at radius 2 is 2.06 bits per heavy atom. The molecule has 2 nitrogen and oxygen atoms in total. The van der Waals surface area contributed by atoms with Gasteiger partial charge in [0.25, 0.3) is 0 Å². The summed E-state index contributed by atoms with van der Waals surface area (Å²) in [6, 6.07) is 11.4. The minimum absolute atomic E-state index is 0.776. The van der Waals surface area contributed by atoms with E-state index in [-0.39, 0.29) is 0 Å². The van der Waals surface area contributed by atoms with Crippen LogP contribution in [0, 0.1) is 5.92 Å². The van der Waals surface area contributed by atoms with Crippen molar-refractivity contribution >= 4 is 0 Å². The Morgan fingerprint density at radius 3 is 2.69 bits per heavy atom. The zero-order chi connectivity index (χ0) is 11.4. The molecule has 0 unspecified atom stereocenters. The molecule has 1 saturated heterocycles. The van der Waals surface area contributed by atoms with E-state index in [9.17, 15) is 0 Å². The predicted molar refractivity (Wildman–Crippen MR) is 68.3 cm³/mol. The van der Waals surface area contributed by atoms with Gasteiger partial charge in [-0.25, -0.2) is 0 Å². The van der Waals surface area contributed by atoms with E-state index in [2.05, 4.69) is 54.5 Å². The fourth-order valence-electron chi connectivity index (χ4n) is 2.36. The lowest BCUT2D eigenvalue weighted by atomic mass is 9.88. The third-order valence-corrected chi connectivity index (χ3v) is 3.76. The summed E-state index contributed by atoms with van der Waals surface area (Å²) in [5.74, 6) is 0.897. The molecule has 1 aliphatic heterocycles. The average Bonchev–Trinajstić information content (AvgIpc) is 2.34. The first-order chi connectivity index (χ1) is 7.77. The molecule has 16 heavy (non-hydrogen) atoms. The SMILES string of the molecule is C[C@H]1[C@@H](CCNCc2ccccc2)CN1C. The lowest BCUT2D eigenvalue weighted by Gasteiger charge is -2.44. The van der Waals surface area contributed by atoms with E-state index in [1.54, 1.807) is 0 Å². The quantitative estimate of drug-likeness (QED) is 0.762. The van der Waals surface area contributed by atoms with Crippen LogP contribution in [0.1, 0.15) is 18.9 Å². The number of likely N-dealkylation sites (tertiary alicyclic amines) is 1. The van der Waals surface area contributed by atoms with E-state index < -0.39 is 0 Å². The molecule has 1 heterocycles. The summed E-state index contributed by atoms with van der Waals surface area (Å²) < 4.78 is 0. The third kappa shape index (κ3) is 2.83. The maximum Gasteiger partial charge on any atom is 0.0205 e. The van der Waals surface area contributed by atoms with Crippen molar-refractivity contribution in [1.82, 2.24) is 10.2 Å². The molecule has 0 radical (unpaired) electrons. The highest BCUT2D eigenvalue weighted by molar-refractivity contribution is 5.14. The van der Waals surface area contributed by atoms with E-state index in [0.29, 0.717) is 0 Å². The molecule has 1 fully saturated rings. The van der Waals surface area contributed by atoms with Crippen molar-refractivity contribution in [3.63, 3.8) is 0 Å². The van der Waals surface area contributed by atoms with Crippen LogP contribution in [0.4, 0.5) is 0 Å². The van der Waals surface area contributed by atoms with Crippen molar-refractivity contribution in [2.75, 3.05) is 20.1 Å². The molecular formula is C14H22N2. The standard InChI is InChI=1S/C14H22N2/c1-12-14(11-16(12)2)8-9-15-10-13-6-4-3-5-7-13/h3-7,12,14-15H,8-11H2,1-2H3/t12-,14-/m0/s1. The third-order valence-electron chi connectivity index (χ3n) is 3.76. The Labute approximate surface area is 98.7 Å². The topological polar surface area (TPSA) is 15.3 Å². The van der Waals surface area contributed by atoms with Gasteiger partial charge in [0, 0.05) is 19.1 Å². The summed E-state index contributed by atoms with van der Waals surface area (Å²) >= 11 is 0. The van der Waals surface area contributed by atoms with Gasteiger partial charge in [-0.15, -0.1) is 0 Å². The van der Waals surface area contributed by atoms with E-state index in [0.717, 1.165) is 25.0 Å². The van der Waals surface area contributed by atoms with E-state index in [1.165, 1.54) is 18.5 Å². The Hall–Kier alpha value is -0.860. The molecule has 1 aliphatic rings. The Balaban J connectivity index is 1.59. The largest absolute Gasteiger partial charge is 0.313 e. The van der Waals surface area contributed by atoms with E-state index in [1.807, 2.05) is 0 Å². The van der Waals surface area contributed by atoms with Gasteiger partial charge in [0.2, 0.25) is 0 Å². The lowest BCUT2D eigenvalue weighted by molar-refractivity contribution is 0.0495. The summed E-state index contributed by atoms with van der Waals surface area (Å²) in [6.45, 7) is 5.73. The zero-order valence-electron chi connectivity index (χ0n) is 10.3. The number of hydrogen-bond acceptors (Lipinski definition) is 2. The van der Waals surface area contributed by atoms with Crippen LogP contribution >= 0.6 is 0 Å². The molecule has 0 aliphatic carbocycles. The Kier molecular flexibility index (Phi) is 3.97. The summed E-state index contributed by atoms with van der Waals surface area (Å²) in [6.07, 6.45) is 1.30. The second-order valence-electron chi connectivity index (χ2n) is 4.89. The minimum Gasteiger partial charge on any atom is -0.313 e. The molecule has 1 N–H and O–H groups in total. The highest BCUT2D eigenvalue weighted by Crippen LogP contribution is 2.24. The maximum atomic E-state index is 3.52. The first-order valence-electron chi connectivity index (χ1n) is 6.22. The van der Waals surface area contributed by atoms with Gasteiger partial charge in [-0.3, -0.25) is 0 Å². The van der Waals surface area contributed by atoms with Gasteiger partial charge < -0.3 is 10.2 Å². The molecule has 88 valence electrons. The first-order valence-corrected chi connectivity index (χ1v) is 6.22. The summed E-state index contributed by atoms with van der Waals surface area (Å²) in [4.78, 5) is 2.42. The number of hydrogen-bond donors (Lipinski definition) is 1. The van der Waals surface area contributed by atoms with Crippen LogP contribution in [0.2, 0.25) is 0 Å². The fourth-order valence-corrected chi connectivity index (χ4v) is 2.36. The number of nitrogens with zero attached hydrogens (tertiary/aromatic N) is 1. The van der Waals surface area contributed by atoms with Gasteiger partial charge in [0.1, 0.15) is 0 Å². The van der Waals surface area contributed by atoms with Gasteiger partial charge in [-0.2, -0.15) is 0 Å². The number of rotatable bonds is 5. The normalized spacial score (nSPS) is 25.4. The number of benzene rings is 1. The van der Waals surface area contributed by atoms with Gasteiger partial charge in [0.05, 0.1) is 0 Å². The molecule has 0 saturated carbocycles. The molecule has 0 spiro atoms. The van der Waals surface area contributed by atoms with Gasteiger partial charge in [-0.1, -0.05) is 30.3 Å². The smallest absolute Gasteiger partial charge is 0.0205 e. The van der Waals surface area contributed by atoms with Crippen LogP contribution in [0.5, 0.6) is 0 Å². The van der Waals surface area contributed by atoms with Crippen LogP contribution < -0.4 is 5.32 Å². The van der Waals surface area contributed by atoms with E-state index >= 15 is 0 Å². The zero-order valence-corrected chi connectivity index (χ0v) is 10.3. The second-order valence-corrected chi connectivity index (χ2v) is 4.89. The summed E-state index contributed by atoms with van der Waals surface area (Å²) in [5, 5.41) is 3.52. The molecule has 2 heteroatoms. The first kappa shape index (κ1) is 11.6. The molecule has 0 aromatic heterocycles. The molecular weight excluding hydrogens is 196 g/mol. The monoisotopic (exact) mass is 218 g/mol. The maximum absolute atomic E-state index is 3.52. The van der Waals surface area contributed by atoms with Gasteiger partial charge in [-0.05, 0) is 38.4 Å². The molecule has 2 rings (SSSR count). The van der Waals surface area contributed by atoms with Crippen molar-refractivity contribution in [2.45, 2.75) is 25.9 Å². The Bertz CT molecular complexity index is 310. The summed E-state index contributed by atoms with van der Waals surface area (Å²) in [7, 11) is 2.21. The van der Waals surface area contributed by atoms with Crippen molar-refractivity contribution in [3.05, 3.63) is 35.9 Å². The Morgan fingerprint density at radius 1 is 1.31 bits per heavy atom. The minimum atomic E-state index is 0.776. The fraction of sp³-hybridized carbons (Fsp3) is 0.571. The van der Waals surface area contributed by atoms with Crippen molar-refractivity contribution in [1.29, 1.82) is 0 Å². The lowest BCUT2D eigenvalue weighted by Crippen LogP contribution is -2.52. The molecule has 2 atom stereocenters. The molecule has 0 bridgehead atoms. The average molecular weight is 218 g/mol. The van der Waals surface area contributed by atoms with Crippen molar-refractivity contribution in [3.8, 4) is 0 Å². The van der Waals surface area contributed by atoms with Crippen LogP contribution in [-0.2, 0) is 6.54 Å². The van der Waals surface area contributed by atoms with E-state index in [4.69, 9.17) is 0 Å².